The van der Waals surface area contributed by atoms with Crippen molar-refractivity contribution in [3.63, 3.8) is 0 Å². The Hall–Kier alpha value is -4.73. The van der Waals surface area contributed by atoms with E-state index in [2.05, 4.69) is 10.6 Å². The van der Waals surface area contributed by atoms with Crippen molar-refractivity contribution in [1.82, 2.24) is 5.32 Å². The Bertz CT molecular complexity index is 1640. The van der Waals surface area contributed by atoms with Crippen LogP contribution in [0.3, 0.4) is 0 Å². The molecule has 224 valence electrons. The van der Waals surface area contributed by atoms with Gasteiger partial charge < -0.3 is 24.8 Å². The fourth-order valence-electron chi connectivity index (χ4n) is 5.85. The van der Waals surface area contributed by atoms with Gasteiger partial charge in [-0.2, -0.15) is 13.2 Å². The zero-order valence-corrected chi connectivity index (χ0v) is 24.1. The number of carbonyl (C=O) groups excluding carboxylic acids is 2. The summed E-state index contributed by atoms with van der Waals surface area (Å²) in [5.41, 5.74) is 2.04. The monoisotopic (exact) mass is 592 g/mol. The Morgan fingerprint density at radius 2 is 1.58 bits per heavy atom. The summed E-state index contributed by atoms with van der Waals surface area (Å²) < 4.78 is 57.5. The lowest BCUT2D eigenvalue weighted by Crippen LogP contribution is -2.37. The second-order valence-corrected chi connectivity index (χ2v) is 10.4. The van der Waals surface area contributed by atoms with Crippen molar-refractivity contribution in [2.45, 2.75) is 37.8 Å². The first-order chi connectivity index (χ1) is 20.5. The number of para-hydroxylation sites is 2. The Morgan fingerprint density at radius 3 is 2.28 bits per heavy atom. The van der Waals surface area contributed by atoms with E-state index in [0.717, 1.165) is 17.7 Å². The van der Waals surface area contributed by atoms with Gasteiger partial charge in [0.05, 0.1) is 32.6 Å². The zero-order chi connectivity index (χ0) is 30.9. The third-order valence-corrected chi connectivity index (χ3v) is 7.85. The van der Waals surface area contributed by atoms with E-state index >= 15 is 0 Å². The highest BCUT2D eigenvalue weighted by Gasteiger charge is 2.42. The van der Waals surface area contributed by atoms with Crippen LogP contribution >= 0.6 is 0 Å². The topological polar surface area (TPSA) is 85.9 Å². The Balaban J connectivity index is 1.59. The molecular weight excluding hydrogens is 561 g/mol. The molecule has 0 spiro atoms. The van der Waals surface area contributed by atoms with Crippen LogP contribution in [0.15, 0.2) is 89.3 Å². The minimum Gasteiger partial charge on any atom is -0.495 e. The maximum atomic E-state index is 13.9. The van der Waals surface area contributed by atoms with Crippen molar-refractivity contribution in [1.29, 1.82) is 0 Å². The zero-order valence-electron chi connectivity index (χ0n) is 24.1. The van der Waals surface area contributed by atoms with E-state index in [1.165, 1.54) is 33.5 Å². The predicted molar refractivity (Wildman–Crippen MR) is 155 cm³/mol. The molecular formula is C33H31F3N2O5. The third kappa shape index (κ3) is 5.82. The molecule has 0 saturated carbocycles. The molecule has 5 rings (SSSR count). The molecule has 3 aromatic rings. The number of ketones is 1. The van der Waals surface area contributed by atoms with Crippen LogP contribution in [0.1, 0.15) is 48.3 Å². The molecule has 1 aliphatic carbocycles. The minimum absolute atomic E-state index is 0.103. The number of benzene rings is 3. The standard InChI is InChI=1S/C33H31F3N2O5/c1-18-29(32(40)38-23-10-5-6-11-26(23)41-2)30(20-8-7-9-22(14-20)33(34,35)36)31-24(37-18)15-21(16-25(31)39)19-12-13-27(42-3)28(17-19)43-4/h5-14,17,21,30,37H,15-16H2,1-4H3,(H,38,40)/t21-,30-/m0/s1. The van der Waals surface area contributed by atoms with E-state index in [4.69, 9.17) is 14.2 Å². The quantitative estimate of drug-likeness (QED) is 0.317. The van der Waals surface area contributed by atoms with Crippen molar-refractivity contribution in [2.24, 2.45) is 0 Å². The fraction of sp³-hybridized carbons (Fsp3) is 0.273. The number of dihydropyridines is 1. The van der Waals surface area contributed by atoms with Gasteiger partial charge in [0.2, 0.25) is 0 Å². The molecule has 1 heterocycles. The Labute approximate surface area is 247 Å². The van der Waals surface area contributed by atoms with Crippen LogP contribution in [0, 0.1) is 0 Å². The number of hydrogen-bond acceptors (Lipinski definition) is 6. The second-order valence-electron chi connectivity index (χ2n) is 10.4. The molecule has 7 nitrogen and oxygen atoms in total. The van der Waals surface area contributed by atoms with E-state index in [0.29, 0.717) is 40.8 Å². The van der Waals surface area contributed by atoms with E-state index in [9.17, 15) is 22.8 Å². The first-order valence-corrected chi connectivity index (χ1v) is 13.6. The number of methoxy groups -OCH3 is 3. The van der Waals surface area contributed by atoms with Crippen LogP contribution in [0.4, 0.5) is 18.9 Å². The van der Waals surface area contributed by atoms with Gasteiger partial charge in [0.1, 0.15) is 5.75 Å². The number of allylic oxidation sites excluding steroid dienone is 3. The van der Waals surface area contributed by atoms with Gasteiger partial charge in [-0.15, -0.1) is 0 Å². The van der Waals surface area contributed by atoms with Crippen LogP contribution in [0.2, 0.25) is 0 Å². The van der Waals surface area contributed by atoms with Gasteiger partial charge in [0, 0.05) is 34.9 Å². The molecule has 0 aromatic heterocycles. The van der Waals surface area contributed by atoms with Gasteiger partial charge in [0.25, 0.3) is 5.91 Å². The summed E-state index contributed by atoms with van der Waals surface area (Å²) in [7, 11) is 4.54. The number of carbonyl (C=O) groups is 2. The highest BCUT2D eigenvalue weighted by molar-refractivity contribution is 6.10. The summed E-state index contributed by atoms with van der Waals surface area (Å²) in [5.74, 6) is -0.566. The van der Waals surface area contributed by atoms with E-state index < -0.39 is 23.6 Å². The van der Waals surface area contributed by atoms with Gasteiger partial charge in [-0.05, 0) is 60.7 Å². The number of amides is 1. The molecule has 0 radical (unpaired) electrons. The predicted octanol–water partition coefficient (Wildman–Crippen LogP) is 6.73. The first-order valence-electron chi connectivity index (χ1n) is 13.6. The molecule has 0 fully saturated rings. The van der Waals surface area contributed by atoms with Crippen LogP contribution in [-0.2, 0) is 15.8 Å². The van der Waals surface area contributed by atoms with Crippen molar-refractivity contribution in [3.8, 4) is 17.2 Å². The number of alkyl halides is 3. The summed E-state index contributed by atoms with van der Waals surface area (Å²) >= 11 is 0. The minimum atomic E-state index is -4.60. The highest BCUT2D eigenvalue weighted by Crippen LogP contribution is 2.47. The normalized spacial score (nSPS) is 18.5. The number of hydrogen-bond donors (Lipinski definition) is 2. The lowest BCUT2D eigenvalue weighted by atomic mass is 9.71. The van der Waals surface area contributed by atoms with E-state index in [1.54, 1.807) is 37.3 Å². The molecule has 2 aliphatic rings. The fourth-order valence-corrected chi connectivity index (χ4v) is 5.85. The summed E-state index contributed by atoms with van der Waals surface area (Å²) in [6.45, 7) is 1.69. The van der Waals surface area contributed by atoms with Crippen LogP contribution in [0.25, 0.3) is 0 Å². The van der Waals surface area contributed by atoms with Crippen LogP contribution < -0.4 is 24.8 Å². The smallest absolute Gasteiger partial charge is 0.416 e. The number of nitrogens with one attached hydrogen (secondary N) is 2. The van der Waals surface area contributed by atoms with Gasteiger partial charge in [-0.3, -0.25) is 9.59 Å². The molecule has 1 aliphatic heterocycles. The molecule has 2 atom stereocenters. The molecule has 43 heavy (non-hydrogen) atoms. The number of halogens is 3. The average molecular weight is 593 g/mol. The van der Waals surface area contributed by atoms with Gasteiger partial charge in [0.15, 0.2) is 17.3 Å². The molecule has 0 bridgehead atoms. The number of anilines is 1. The molecule has 0 saturated heterocycles. The molecule has 1 amide bonds. The van der Waals surface area contributed by atoms with Crippen LogP contribution in [-0.4, -0.2) is 33.0 Å². The summed E-state index contributed by atoms with van der Waals surface area (Å²) in [6, 6.07) is 17.1. The number of ether oxygens (including phenoxy) is 3. The maximum absolute atomic E-state index is 13.9. The molecule has 10 heteroatoms. The average Bonchev–Trinajstić information content (AvgIpc) is 2.99. The SMILES string of the molecule is COc1ccccc1NC(=O)C1=C(C)NC2=C(C(=O)C[C@@H](c3ccc(OC)c(OC)c3)C2)[C@H]1c1cccc(C(F)(F)F)c1. The molecule has 3 aromatic carbocycles. The van der Waals surface area contributed by atoms with Crippen molar-refractivity contribution in [3.05, 3.63) is 106 Å². The lowest BCUT2D eigenvalue weighted by molar-refractivity contribution is -0.137. The third-order valence-electron chi connectivity index (χ3n) is 7.85. The van der Waals surface area contributed by atoms with Gasteiger partial charge in [-0.25, -0.2) is 0 Å². The molecule has 0 unspecified atom stereocenters. The van der Waals surface area contributed by atoms with Crippen LogP contribution in [0.5, 0.6) is 17.2 Å². The highest BCUT2D eigenvalue weighted by atomic mass is 19.4. The number of Topliss-reactive ketones (excluding diaryl/α,β-unsaturated/α-hetero) is 1. The van der Waals surface area contributed by atoms with Crippen molar-refractivity contribution < 1.29 is 37.0 Å². The van der Waals surface area contributed by atoms with Gasteiger partial charge in [-0.1, -0.05) is 36.4 Å². The first kappa shape index (κ1) is 29.8. The summed E-state index contributed by atoms with van der Waals surface area (Å²) in [6.07, 6.45) is -4.09. The van der Waals surface area contributed by atoms with Crippen molar-refractivity contribution in [2.75, 3.05) is 26.6 Å². The summed E-state index contributed by atoms with van der Waals surface area (Å²) in [4.78, 5) is 27.8. The van der Waals surface area contributed by atoms with Crippen molar-refractivity contribution >= 4 is 17.4 Å². The Kier molecular flexibility index (Phi) is 8.21. The summed E-state index contributed by atoms with van der Waals surface area (Å²) in [5, 5.41) is 6.09. The Morgan fingerprint density at radius 1 is 0.860 bits per heavy atom. The molecule has 2 N–H and O–H groups in total. The van der Waals surface area contributed by atoms with E-state index in [1.807, 2.05) is 12.1 Å². The largest absolute Gasteiger partial charge is 0.495 e. The maximum Gasteiger partial charge on any atom is 0.416 e. The lowest BCUT2D eigenvalue weighted by Gasteiger charge is -2.37. The van der Waals surface area contributed by atoms with E-state index in [-0.39, 0.29) is 34.8 Å². The number of rotatable bonds is 7. The second kappa shape index (κ2) is 11.9. The van der Waals surface area contributed by atoms with Gasteiger partial charge >= 0.3 is 6.18 Å².